The molecule has 2 aliphatic heterocycles. The van der Waals surface area contributed by atoms with Gasteiger partial charge in [0.1, 0.15) is 0 Å². The minimum Gasteiger partial charge on any atom is -0.396 e. The number of nitrogen functional groups attached to an aromatic ring is 1. The van der Waals surface area contributed by atoms with Crippen LogP contribution in [0.25, 0.3) is 0 Å². The van der Waals surface area contributed by atoms with Gasteiger partial charge in [0.05, 0.1) is 11.6 Å². The molecule has 0 saturated carbocycles. The van der Waals surface area contributed by atoms with E-state index in [1.54, 1.807) is 18.2 Å². The summed E-state index contributed by atoms with van der Waals surface area (Å²) in [6, 6.07) is 5.30. The summed E-state index contributed by atoms with van der Waals surface area (Å²) in [5.74, 6) is -0.123. The molecule has 19 heavy (non-hydrogen) atoms. The van der Waals surface area contributed by atoms with E-state index in [1.165, 1.54) is 0 Å². The minimum atomic E-state index is -0.332. The summed E-state index contributed by atoms with van der Waals surface area (Å²) in [6.07, 6.45) is 1.92. The molecule has 2 aliphatic rings. The minimum absolute atomic E-state index is 0.0675. The molecule has 0 aliphatic carbocycles. The first kappa shape index (κ1) is 12.4. The molecular weight excluding hydrogens is 245 g/mol. The van der Waals surface area contributed by atoms with Crippen LogP contribution in [0, 0.1) is 11.7 Å². The second-order valence-corrected chi connectivity index (χ2v) is 5.35. The van der Waals surface area contributed by atoms with E-state index >= 15 is 0 Å². The van der Waals surface area contributed by atoms with Crippen molar-refractivity contribution in [3.63, 3.8) is 0 Å². The Bertz CT molecular complexity index is 505. The van der Waals surface area contributed by atoms with Crippen LogP contribution in [-0.2, 0) is 11.3 Å². The summed E-state index contributed by atoms with van der Waals surface area (Å²) in [4.78, 5) is 13.9. The highest BCUT2D eigenvalue weighted by atomic mass is 19.1. The Hall–Kier alpha value is -1.62. The smallest absolute Gasteiger partial charge is 0.224 e. The number of nitrogens with two attached hydrogens (primary N) is 1. The number of benzene rings is 1. The van der Waals surface area contributed by atoms with Crippen molar-refractivity contribution in [2.75, 3.05) is 18.8 Å². The lowest BCUT2D eigenvalue weighted by atomic mass is 9.91. The van der Waals surface area contributed by atoms with Gasteiger partial charge < -0.3 is 11.1 Å². The van der Waals surface area contributed by atoms with Gasteiger partial charge in [0, 0.05) is 24.7 Å². The quantitative estimate of drug-likeness (QED) is 0.786. The zero-order valence-electron chi connectivity index (χ0n) is 10.7. The molecule has 2 saturated heterocycles. The molecule has 3 N–H and O–H groups in total. The number of carbonyl (C=O) groups is 1. The topological polar surface area (TPSA) is 58.4 Å². The van der Waals surface area contributed by atoms with Gasteiger partial charge in [-0.15, -0.1) is 0 Å². The van der Waals surface area contributed by atoms with Gasteiger partial charge in [0.25, 0.3) is 0 Å². The van der Waals surface area contributed by atoms with Crippen LogP contribution in [0.4, 0.5) is 10.1 Å². The maximum absolute atomic E-state index is 13.9. The SMILES string of the molecule is Nc1cccc(CN2CCCC3C(=O)NCC32)c1F. The number of rotatable bonds is 2. The zero-order chi connectivity index (χ0) is 13.4. The largest absolute Gasteiger partial charge is 0.396 e. The Balaban J connectivity index is 1.79. The van der Waals surface area contributed by atoms with Gasteiger partial charge in [-0.05, 0) is 25.5 Å². The molecular formula is C14H18FN3O. The summed E-state index contributed by atoms with van der Waals surface area (Å²) < 4.78 is 13.9. The Labute approximate surface area is 111 Å². The molecule has 5 heteroatoms. The maximum atomic E-state index is 13.9. The number of piperidine rings is 1. The lowest BCUT2D eigenvalue weighted by Crippen LogP contribution is -2.45. The van der Waals surface area contributed by atoms with Crippen LogP contribution in [0.5, 0.6) is 0 Å². The van der Waals surface area contributed by atoms with Crippen molar-refractivity contribution in [2.24, 2.45) is 5.92 Å². The molecule has 2 fully saturated rings. The first-order valence-electron chi connectivity index (χ1n) is 6.71. The fourth-order valence-corrected chi connectivity index (χ4v) is 3.18. The summed E-state index contributed by atoms with van der Waals surface area (Å²) in [6.45, 7) is 2.10. The molecule has 1 amide bonds. The summed E-state index contributed by atoms with van der Waals surface area (Å²) in [7, 11) is 0. The second-order valence-electron chi connectivity index (χ2n) is 5.35. The van der Waals surface area contributed by atoms with E-state index in [-0.39, 0.29) is 29.4 Å². The predicted molar refractivity (Wildman–Crippen MR) is 70.7 cm³/mol. The van der Waals surface area contributed by atoms with Crippen molar-refractivity contribution in [1.29, 1.82) is 0 Å². The molecule has 0 bridgehead atoms. The highest BCUT2D eigenvalue weighted by Crippen LogP contribution is 2.29. The summed E-state index contributed by atoms with van der Waals surface area (Å²) in [5.41, 5.74) is 6.39. The number of fused-ring (bicyclic) bond motifs is 1. The number of nitrogens with one attached hydrogen (secondary N) is 1. The summed E-state index contributed by atoms with van der Waals surface area (Å²) in [5, 5.41) is 2.90. The first-order chi connectivity index (χ1) is 9.16. The van der Waals surface area contributed by atoms with Gasteiger partial charge in [0.2, 0.25) is 5.91 Å². The molecule has 1 aromatic carbocycles. The molecule has 0 aromatic heterocycles. The number of hydrogen-bond donors (Lipinski definition) is 2. The van der Waals surface area contributed by atoms with Crippen LogP contribution in [0.1, 0.15) is 18.4 Å². The van der Waals surface area contributed by atoms with Gasteiger partial charge in [-0.2, -0.15) is 0 Å². The van der Waals surface area contributed by atoms with Gasteiger partial charge >= 0.3 is 0 Å². The second kappa shape index (κ2) is 4.81. The molecule has 1 aromatic rings. The lowest BCUT2D eigenvalue weighted by molar-refractivity contribution is -0.124. The lowest BCUT2D eigenvalue weighted by Gasteiger charge is -2.35. The van der Waals surface area contributed by atoms with Crippen molar-refractivity contribution in [3.8, 4) is 0 Å². The van der Waals surface area contributed by atoms with Crippen molar-refractivity contribution in [3.05, 3.63) is 29.6 Å². The molecule has 2 heterocycles. The van der Waals surface area contributed by atoms with Gasteiger partial charge in [-0.25, -0.2) is 4.39 Å². The number of halogens is 1. The van der Waals surface area contributed by atoms with Crippen molar-refractivity contribution in [1.82, 2.24) is 10.2 Å². The Morgan fingerprint density at radius 1 is 1.47 bits per heavy atom. The zero-order valence-corrected chi connectivity index (χ0v) is 10.7. The van der Waals surface area contributed by atoms with Gasteiger partial charge in [0.15, 0.2) is 5.82 Å². The van der Waals surface area contributed by atoms with E-state index < -0.39 is 0 Å². The average molecular weight is 263 g/mol. The molecule has 4 nitrogen and oxygen atoms in total. The Kier molecular flexibility index (Phi) is 3.14. The summed E-state index contributed by atoms with van der Waals surface area (Å²) >= 11 is 0. The van der Waals surface area contributed by atoms with Crippen LogP contribution < -0.4 is 11.1 Å². The predicted octanol–water partition coefficient (Wildman–Crippen LogP) is 1.12. The number of amides is 1. The van der Waals surface area contributed by atoms with Crippen LogP contribution in [-0.4, -0.2) is 29.9 Å². The average Bonchev–Trinajstić information content (AvgIpc) is 2.78. The number of hydrogen-bond acceptors (Lipinski definition) is 3. The van der Waals surface area contributed by atoms with Gasteiger partial charge in [-0.1, -0.05) is 12.1 Å². The molecule has 3 rings (SSSR count). The first-order valence-corrected chi connectivity index (χ1v) is 6.71. The van der Waals surface area contributed by atoms with E-state index in [2.05, 4.69) is 10.2 Å². The van der Waals surface area contributed by atoms with Crippen LogP contribution >= 0.6 is 0 Å². The van der Waals surface area contributed by atoms with Crippen molar-refractivity contribution in [2.45, 2.75) is 25.4 Å². The van der Waals surface area contributed by atoms with E-state index in [0.29, 0.717) is 18.7 Å². The third kappa shape index (κ3) is 2.18. The maximum Gasteiger partial charge on any atom is 0.224 e. The standard InChI is InChI=1S/C14H18FN3O/c15-13-9(3-1-5-11(13)16)8-18-6-2-4-10-12(18)7-17-14(10)19/h1,3,5,10,12H,2,4,6-8,16H2,(H,17,19). The third-order valence-corrected chi connectivity index (χ3v) is 4.20. The van der Waals surface area contributed by atoms with Crippen molar-refractivity contribution < 1.29 is 9.18 Å². The van der Waals surface area contributed by atoms with Crippen LogP contribution in [0.3, 0.4) is 0 Å². The molecule has 0 radical (unpaired) electrons. The van der Waals surface area contributed by atoms with Crippen LogP contribution in [0.15, 0.2) is 18.2 Å². The number of nitrogens with zero attached hydrogens (tertiary/aromatic N) is 1. The van der Waals surface area contributed by atoms with E-state index in [0.717, 1.165) is 19.4 Å². The Morgan fingerprint density at radius 2 is 2.32 bits per heavy atom. The monoisotopic (exact) mass is 263 g/mol. The fourth-order valence-electron chi connectivity index (χ4n) is 3.18. The van der Waals surface area contributed by atoms with E-state index in [4.69, 9.17) is 5.73 Å². The van der Waals surface area contributed by atoms with Gasteiger partial charge in [-0.3, -0.25) is 9.69 Å². The fraction of sp³-hybridized carbons (Fsp3) is 0.500. The molecule has 2 atom stereocenters. The normalized spacial score (nSPS) is 27.1. The third-order valence-electron chi connectivity index (χ3n) is 4.20. The molecule has 0 spiro atoms. The van der Waals surface area contributed by atoms with Crippen molar-refractivity contribution >= 4 is 11.6 Å². The van der Waals surface area contributed by atoms with E-state index in [1.807, 2.05) is 0 Å². The number of carbonyl (C=O) groups excluding carboxylic acids is 1. The number of likely N-dealkylation sites (tertiary alicyclic amines) is 1. The van der Waals surface area contributed by atoms with E-state index in [9.17, 15) is 9.18 Å². The van der Waals surface area contributed by atoms with Crippen LogP contribution in [0.2, 0.25) is 0 Å². The molecule has 102 valence electrons. The Morgan fingerprint density at radius 3 is 3.16 bits per heavy atom. The highest BCUT2D eigenvalue weighted by Gasteiger charge is 2.40. The number of anilines is 1. The molecule has 2 unspecified atom stereocenters. The highest BCUT2D eigenvalue weighted by molar-refractivity contribution is 5.82.